The average molecular weight is 210 g/mol. The third-order valence-corrected chi connectivity index (χ3v) is 2.17. The highest BCUT2D eigenvalue weighted by Crippen LogP contribution is 2.32. The monoisotopic (exact) mass is 210 g/mol. The molecular formula is C12H18O3. The van der Waals surface area contributed by atoms with Gasteiger partial charge in [-0.05, 0) is 38.5 Å². The van der Waals surface area contributed by atoms with Crippen LogP contribution in [0.4, 0.5) is 0 Å². The van der Waals surface area contributed by atoms with Gasteiger partial charge in [0.2, 0.25) is 0 Å². The van der Waals surface area contributed by atoms with Gasteiger partial charge in [0.15, 0.2) is 11.5 Å². The van der Waals surface area contributed by atoms with Crippen molar-refractivity contribution < 1.29 is 14.6 Å². The fourth-order valence-corrected chi connectivity index (χ4v) is 1.32. The number of aliphatic hydroxyl groups is 1. The summed E-state index contributed by atoms with van der Waals surface area (Å²) in [4.78, 5) is 0. The largest absolute Gasteiger partial charge is 0.493 e. The third kappa shape index (κ3) is 2.86. The van der Waals surface area contributed by atoms with Gasteiger partial charge in [0.1, 0.15) is 0 Å². The van der Waals surface area contributed by atoms with E-state index in [0.29, 0.717) is 18.1 Å². The Morgan fingerprint density at radius 2 is 1.93 bits per heavy atom. The first-order valence-electron chi connectivity index (χ1n) is 5.02. The molecule has 0 saturated carbocycles. The molecule has 0 heterocycles. The van der Waals surface area contributed by atoms with Gasteiger partial charge < -0.3 is 14.6 Å². The third-order valence-electron chi connectivity index (χ3n) is 2.17. The Morgan fingerprint density at radius 3 is 2.40 bits per heavy atom. The van der Waals surface area contributed by atoms with Gasteiger partial charge in [0, 0.05) is 0 Å². The van der Waals surface area contributed by atoms with Gasteiger partial charge in [-0.3, -0.25) is 0 Å². The Labute approximate surface area is 90.6 Å². The maximum Gasteiger partial charge on any atom is 0.161 e. The molecule has 3 nitrogen and oxygen atoms in total. The van der Waals surface area contributed by atoms with Crippen LogP contribution in [-0.4, -0.2) is 18.8 Å². The van der Waals surface area contributed by atoms with Gasteiger partial charge in [0.05, 0.1) is 19.3 Å². The van der Waals surface area contributed by atoms with Crippen molar-refractivity contribution in [1.29, 1.82) is 0 Å². The van der Waals surface area contributed by atoms with Crippen molar-refractivity contribution in [3.63, 3.8) is 0 Å². The average Bonchev–Trinajstić information content (AvgIpc) is 2.17. The fourth-order valence-electron chi connectivity index (χ4n) is 1.32. The minimum absolute atomic E-state index is 0.595. The molecule has 0 bridgehead atoms. The van der Waals surface area contributed by atoms with Crippen LogP contribution in [0.1, 0.15) is 26.3 Å². The summed E-state index contributed by atoms with van der Waals surface area (Å²) >= 11 is 0. The van der Waals surface area contributed by atoms with Crippen molar-refractivity contribution in [2.24, 2.45) is 0 Å². The Hall–Kier alpha value is -1.22. The van der Waals surface area contributed by atoms with Crippen LogP contribution < -0.4 is 9.47 Å². The quantitative estimate of drug-likeness (QED) is 0.828. The predicted molar refractivity (Wildman–Crippen MR) is 59.4 cm³/mol. The molecule has 3 heteroatoms. The molecule has 0 aliphatic heterocycles. The number of ether oxygens (including phenoxy) is 2. The van der Waals surface area contributed by atoms with Gasteiger partial charge in [-0.15, -0.1) is 0 Å². The van der Waals surface area contributed by atoms with Crippen LogP contribution in [-0.2, 0) is 5.60 Å². The van der Waals surface area contributed by atoms with Crippen molar-refractivity contribution in [3.05, 3.63) is 23.8 Å². The summed E-state index contributed by atoms with van der Waals surface area (Å²) in [6.45, 7) is 5.99. The highest BCUT2D eigenvalue weighted by Gasteiger charge is 2.18. The van der Waals surface area contributed by atoms with E-state index in [1.165, 1.54) is 0 Å². The van der Waals surface area contributed by atoms with Crippen molar-refractivity contribution in [1.82, 2.24) is 0 Å². The van der Waals surface area contributed by atoms with Crippen LogP contribution in [0.3, 0.4) is 0 Å². The lowest BCUT2D eigenvalue weighted by Crippen LogP contribution is -2.15. The standard InChI is InChI=1S/C12H18O3/c1-5-15-10-7-6-9(12(2,3)13)8-11(10)14-4/h6-8,13H,5H2,1-4H3. The van der Waals surface area contributed by atoms with Gasteiger partial charge >= 0.3 is 0 Å². The minimum atomic E-state index is -0.863. The molecule has 0 spiro atoms. The number of rotatable bonds is 4. The van der Waals surface area contributed by atoms with E-state index in [0.717, 1.165) is 5.56 Å². The first kappa shape index (κ1) is 11.9. The van der Waals surface area contributed by atoms with Gasteiger partial charge in [-0.2, -0.15) is 0 Å². The van der Waals surface area contributed by atoms with E-state index in [-0.39, 0.29) is 0 Å². The molecule has 1 aromatic carbocycles. The summed E-state index contributed by atoms with van der Waals surface area (Å²) in [7, 11) is 1.59. The molecule has 0 radical (unpaired) electrons. The molecule has 0 aliphatic rings. The van der Waals surface area contributed by atoms with E-state index in [1.54, 1.807) is 27.0 Å². The second-order valence-electron chi connectivity index (χ2n) is 3.86. The van der Waals surface area contributed by atoms with Crippen LogP contribution in [0.2, 0.25) is 0 Å². The normalized spacial score (nSPS) is 11.3. The molecule has 0 fully saturated rings. The number of methoxy groups -OCH3 is 1. The van der Waals surface area contributed by atoms with E-state index in [1.807, 2.05) is 19.1 Å². The molecule has 0 aromatic heterocycles. The van der Waals surface area contributed by atoms with E-state index < -0.39 is 5.60 Å². The second-order valence-corrected chi connectivity index (χ2v) is 3.86. The van der Waals surface area contributed by atoms with Gasteiger partial charge in [-0.25, -0.2) is 0 Å². The number of hydrogen-bond acceptors (Lipinski definition) is 3. The highest BCUT2D eigenvalue weighted by atomic mass is 16.5. The van der Waals surface area contributed by atoms with Crippen molar-refractivity contribution >= 4 is 0 Å². The molecule has 1 aromatic rings. The van der Waals surface area contributed by atoms with Crippen LogP contribution >= 0.6 is 0 Å². The van der Waals surface area contributed by atoms with Crippen LogP contribution in [0.25, 0.3) is 0 Å². The van der Waals surface area contributed by atoms with E-state index in [2.05, 4.69) is 0 Å². The minimum Gasteiger partial charge on any atom is -0.493 e. The molecular weight excluding hydrogens is 192 g/mol. The maximum absolute atomic E-state index is 9.83. The Morgan fingerprint density at radius 1 is 1.27 bits per heavy atom. The SMILES string of the molecule is CCOc1ccc(C(C)(C)O)cc1OC. The summed E-state index contributed by atoms with van der Waals surface area (Å²) in [5.41, 5.74) is -0.0549. The van der Waals surface area contributed by atoms with E-state index in [9.17, 15) is 5.11 Å². The summed E-state index contributed by atoms with van der Waals surface area (Å²) in [5, 5.41) is 9.83. The summed E-state index contributed by atoms with van der Waals surface area (Å²) < 4.78 is 10.6. The van der Waals surface area contributed by atoms with Crippen LogP contribution in [0, 0.1) is 0 Å². The first-order valence-corrected chi connectivity index (χ1v) is 5.02. The smallest absolute Gasteiger partial charge is 0.161 e. The summed E-state index contributed by atoms with van der Waals surface area (Å²) in [5.74, 6) is 1.35. The molecule has 15 heavy (non-hydrogen) atoms. The van der Waals surface area contributed by atoms with Gasteiger partial charge in [-0.1, -0.05) is 6.07 Å². The molecule has 1 rings (SSSR count). The van der Waals surface area contributed by atoms with Crippen molar-refractivity contribution in [3.8, 4) is 11.5 Å². The first-order chi connectivity index (χ1) is 6.99. The van der Waals surface area contributed by atoms with Crippen LogP contribution in [0.5, 0.6) is 11.5 Å². The zero-order chi connectivity index (χ0) is 11.5. The predicted octanol–water partition coefficient (Wildman–Crippen LogP) is 2.32. The van der Waals surface area contributed by atoms with E-state index >= 15 is 0 Å². The molecule has 0 saturated heterocycles. The summed E-state index contributed by atoms with van der Waals surface area (Å²) in [6.07, 6.45) is 0. The van der Waals surface area contributed by atoms with Crippen molar-refractivity contribution in [2.75, 3.05) is 13.7 Å². The zero-order valence-electron chi connectivity index (χ0n) is 9.70. The fraction of sp³-hybridized carbons (Fsp3) is 0.500. The molecule has 0 atom stereocenters. The lowest BCUT2D eigenvalue weighted by Gasteiger charge is -2.19. The zero-order valence-corrected chi connectivity index (χ0v) is 9.70. The molecule has 0 unspecified atom stereocenters. The topological polar surface area (TPSA) is 38.7 Å². The molecule has 0 aliphatic carbocycles. The Balaban J connectivity index is 3.08. The Bertz CT molecular complexity index is 326. The van der Waals surface area contributed by atoms with E-state index in [4.69, 9.17) is 9.47 Å². The Kier molecular flexibility index (Phi) is 3.58. The lowest BCUT2D eigenvalue weighted by molar-refractivity contribution is 0.0782. The molecule has 1 N–H and O–H groups in total. The molecule has 0 amide bonds. The maximum atomic E-state index is 9.83. The number of benzene rings is 1. The lowest BCUT2D eigenvalue weighted by atomic mass is 9.98. The number of hydrogen-bond donors (Lipinski definition) is 1. The van der Waals surface area contributed by atoms with Crippen LogP contribution in [0.15, 0.2) is 18.2 Å². The van der Waals surface area contributed by atoms with Gasteiger partial charge in [0.25, 0.3) is 0 Å². The van der Waals surface area contributed by atoms with Crippen molar-refractivity contribution in [2.45, 2.75) is 26.4 Å². The molecule has 84 valence electrons. The second kappa shape index (κ2) is 4.53. The highest BCUT2D eigenvalue weighted by molar-refractivity contribution is 5.44. The summed E-state index contributed by atoms with van der Waals surface area (Å²) in [6, 6.07) is 5.45.